The zero-order valence-electron chi connectivity index (χ0n) is 15.8. The smallest absolute Gasteiger partial charge is 0.141 e. The van der Waals surface area contributed by atoms with Crippen LogP contribution in [-0.4, -0.2) is 100 Å². The molecule has 2 atom stereocenters. The normalized spacial score (nSPS) is 16.1. The maximum atomic E-state index is 11.1. The van der Waals surface area contributed by atoms with Crippen LogP contribution in [0.15, 0.2) is 0 Å². The molecule has 0 aromatic heterocycles. The average molecular weight is 471 g/mol. The summed E-state index contributed by atoms with van der Waals surface area (Å²) < 4.78 is 58.3. The summed E-state index contributed by atoms with van der Waals surface area (Å²) in [5.74, 6) is 0. The van der Waals surface area contributed by atoms with Crippen LogP contribution >= 0.6 is 0 Å². The van der Waals surface area contributed by atoms with Crippen molar-refractivity contribution in [2.75, 3.05) is 91.8 Å². The van der Waals surface area contributed by atoms with Crippen LogP contribution in [0.5, 0.6) is 0 Å². The maximum Gasteiger partial charge on any atom is 0.141 e. The van der Waals surface area contributed by atoms with Gasteiger partial charge in [0.2, 0.25) is 0 Å². The fourth-order valence-corrected chi connectivity index (χ4v) is 2.62. The number of ether oxygens (including phenoxy) is 5. The monoisotopic (exact) mass is 470 g/mol. The average Bonchev–Trinajstić information content (AvgIpc) is 2.55. The lowest BCUT2D eigenvalue weighted by molar-refractivity contribution is -0.0137. The van der Waals surface area contributed by atoms with Crippen molar-refractivity contribution in [1.29, 1.82) is 0 Å². The van der Waals surface area contributed by atoms with Crippen molar-refractivity contribution in [1.82, 2.24) is 0 Å². The first-order valence-corrected chi connectivity index (χ1v) is 13.9. The molecule has 0 fully saturated rings. The van der Waals surface area contributed by atoms with Crippen LogP contribution in [0.1, 0.15) is 0 Å². The van der Waals surface area contributed by atoms with Gasteiger partial charge in [-0.3, -0.25) is 8.37 Å². The van der Waals surface area contributed by atoms with E-state index in [0.29, 0.717) is 66.1 Å². The molecular formula is C14H30O9S4. The molecule has 0 aliphatic carbocycles. The minimum atomic E-state index is -2.58. The molecular weight excluding hydrogens is 440 g/mol. The summed E-state index contributed by atoms with van der Waals surface area (Å²) in [6, 6.07) is 0. The van der Waals surface area contributed by atoms with Crippen molar-refractivity contribution >= 4 is 39.9 Å². The minimum Gasteiger partial charge on any atom is -0.377 e. The van der Waals surface area contributed by atoms with Gasteiger partial charge in [0.1, 0.15) is 17.5 Å². The third-order valence-electron chi connectivity index (χ3n) is 2.54. The first-order chi connectivity index (χ1) is 12.7. The van der Waals surface area contributed by atoms with E-state index in [1.165, 1.54) is 12.5 Å². The van der Waals surface area contributed by atoms with Gasteiger partial charge in [-0.05, 0) is 0 Å². The van der Waals surface area contributed by atoms with Crippen LogP contribution in [-0.2, 0) is 72.0 Å². The van der Waals surface area contributed by atoms with Crippen LogP contribution in [0.2, 0.25) is 0 Å². The van der Waals surface area contributed by atoms with Crippen LogP contribution in [0, 0.1) is 0 Å². The third kappa shape index (κ3) is 26.5. The van der Waals surface area contributed by atoms with Gasteiger partial charge < -0.3 is 23.7 Å². The van der Waals surface area contributed by atoms with E-state index in [9.17, 15) is 8.42 Å². The van der Waals surface area contributed by atoms with E-state index >= 15 is 0 Å². The quantitative estimate of drug-likeness (QED) is 0.219. The summed E-state index contributed by atoms with van der Waals surface area (Å²) in [4.78, 5) is 0. The van der Waals surface area contributed by atoms with E-state index < -0.39 is 17.5 Å². The highest BCUT2D eigenvalue weighted by atomic mass is 32.8. The Morgan fingerprint density at radius 3 is 0.852 bits per heavy atom. The molecule has 27 heavy (non-hydrogen) atoms. The lowest BCUT2D eigenvalue weighted by Gasteiger charge is -2.08. The molecule has 0 radical (unpaired) electrons. The van der Waals surface area contributed by atoms with Gasteiger partial charge >= 0.3 is 0 Å². The van der Waals surface area contributed by atoms with E-state index in [0.717, 1.165) is 0 Å². The molecule has 0 aromatic rings. The number of hydrogen-bond acceptors (Lipinski definition) is 11. The van der Waals surface area contributed by atoms with Crippen molar-refractivity contribution in [2.24, 2.45) is 0 Å². The van der Waals surface area contributed by atoms with E-state index in [4.69, 9.17) is 32.1 Å². The summed E-state index contributed by atoms with van der Waals surface area (Å²) in [6.45, 7) is 4.61. The Hall–Kier alpha value is 0.460. The molecule has 0 spiro atoms. The van der Waals surface area contributed by atoms with Crippen molar-refractivity contribution in [3.05, 3.63) is 0 Å². The Morgan fingerprint density at radius 1 is 0.481 bits per heavy atom. The summed E-state index contributed by atoms with van der Waals surface area (Å²) in [7, 11) is -5.16. The molecule has 0 aromatic carbocycles. The summed E-state index contributed by atoms with van der Waals surface area (Å²) >= 11 is 9.18. The topological polar surface area (TPSA) is 98.8 Å². The van der Waals surface area contributed by atoms with Gasteiger partial charge in [-0.2, -0.15) is 0 Å². The molecule has 0 heterocycles. The van der Waals surface area contributed by atoms with Crippen LogP contribution in [0.3, 0.4) is 0 Å². The zero-order valence-corrected chi connectivity index (χ0v) is 19.1. The van der Waals surface area contributed by atoms with E-state index in [2.05, 4.69) is 22.4 Å². The molecule has 0 saturated carbocycles. The van der Waals surface area contributed by atoms with Gasteiger partial charge in [-0.1, -0.05) is 0 Å². The first kappa shape index (κ1) is 27.5. The maximum absolute atomic E-state index is 11.1. The van der Waals surface area contributed by atoms with Crippen molar-refractivity contribution in [3.8, 4) is 0 Å². The van der Waals surface area contributed by atoms with Crippen molar-refractivity contribution in [2.45, 2.75) is 0 Å². The van der Waals surface area contributed by atoms with Gasteiger partial charge in [-0.25, -0.2) is 8.42 Å². The molecule has 164 valence electrons. The summed E-state index contributed by atoms with van der Waals surface area (Å²) in [5.41, 5.74) is 0. The Kier molecular flexibility index (Phi) is 17.6. The minimum absolute atomic E-state index is 0.204. The second kappa shape index (κ2) is 17.3. The van der Waals surface area contributed by atoms with E-state index in [1.807, 2.05) is 0 Å². The fourth-order valence-electron chi connectivity index (χ4n) is 1.47. The second-order valence-electron chi connectivity index (χ2n) is 5.11. The van der Waals surface area contributed by atoms with Gasteiger partial charge in [-0.15, -0.1) is 0 Å². The molecule has 0 aliphatic heterocycles. The van der Waals surface area contributed by atoms with Crippen molar-refractivity contribution in [3.63, 3.8) is 0 Å². The molecule has 0 saturated heterocycles. The standard InChI is InChI=1S/C14H30O9S4/c1-26(15,24)22-13-11-20-9-7-18-5-3-17-4-6-19-8-10-21-12-14-23-27(2,16)25/h3-14H2,1-2H3. The van der Waals surface area contributed by atoms with Crippen LogP contribution < -0.4 is 0 Å². The number of hydrogen-bond donors (Lipinski definition) is 0. The molecule has 0 amide bonds. The summed E-state index contributed by atoms with van der Waals surface area (Å²) in [5, 5.41) is 0. The van der Waals surface area contributed by atoms with Gasteiger partial charge in [0.25, 0.3) is 0 Å². The Labute approximate surface area is 172 Å². The number of rotatable bonds is 20. The predicted molar refractivity (Wildman–Crippen MR) is 109 cm³/mol. The molecule has 0 N–H and O–H groups in total. The highest BCUT2D eigenvalue weighted by Gasteiger charge is 1.98. The molecule has 9 nitrogen and oxygen atoms in total. The predicted octanol–water partition coefficient (Wildman–Crippen LogP) is -0.315. The third-order valence-corrected chi connectivity index (χ3v) is 4.31. The highest BCUT2D eigenvalue weighted by molar-refractivity contribution is 8.30. The molecule has 2 unspecified atom stereocenters. The Morgan fingerprint density at radius 2 is 0.667 bits per heavy atom. The zero-order chi connectivity index (χ0) is 20.4. The van der Waals surface area contributed by atoms with Gasteiger partial charge in [0.05, 0.1) is 79.3 Å². The molecule has 13 heteroatoms. The second-order valence-corrected chi connectivity index (χ2v) is 12.0. The molecule has 0 aliphatic rings. The molecule has 0 bridgehead atoms. The van der Waals surface area contributed by atoms with Crippen LogP contribution in [0.4, 0.5) is 0 Å². The van der Waals surface area contributed by atoms with Crippen molar-refractivity contribution < 1.29 is 40.5 Å². The lowest BCUT2D eigenvalue weighted by Crippen LogP contribution is -2.15. The van der Waals surface area contributed by atoms with Gasteiger partial charge in [0.15, 0.2) is 0 Å². The van der Waals surface area contributed by atoms with E-state index in [1.54, 1.807) is 0 Å². The largest absolute Gasteiger partial charge is 0.377 e. The highest BCUT2D eigenvalue weighted by Crippen LogP contribution is 1.89. The lowest BCUT2D eigenvalue weighted by atomic mass is 10.7. The fraction of sp³-hybridized carbons (Fsp3) is 1.00. The Bertz CT molecular complexity index is 489. The summed E-state index contributed by atoms with van der Waals surface area (Å²) in [6.07, 6.45) is 2.72. The first-order valence-electron chi connectivity index (χ1n) is 8.28. The van der Waals surface area contributed by atoms with Gasteiger partial charge in [0, 0.05) is 34.9 Å². The Balaban J connectivity index is 3.11. The molecule has 0 rings (SSSR count). The van der Waals surface area contributed by atoms with Crippen LogP contribution in [0.25, 0.3) is 0 Å². The van der Waals surface area contributed by atoms with E-state index in [-0.39, 0.29) is 13.2 Å². The SMILES string of the molecule is CS(=O)(=S)OCCOCCOCCOCCOCCOCCOS(C)(=O)=S.